The summed E-state index contributed by atoms with van der Waals surface area (Å²) in [4.78, 5) is 0. The second-order valence-corrected chi connectivity index (χ2v) is 6.06. The van der Waals surface area contributed by atoms with Crippen LogP contribution in [0.2, 0.25) is 0 Å². The third-order valence-electron chi connectivity index (χ3n) is 4.70. The molecule has 2 nitrogen and oxygen atoms in total. The van der Waals surface area contributed by atoms with E-state index in [1.165, 1.54) is 36.8 Å². The van der Waals surface area contributed by atoms with Gasteiger partial charge in [-0.25, -0.2) is 0 Å². The van der Waals surface area contributed by atoms with E-state index in [1.54, 1.807) is 0 Å². The number of phenols is 1. The highest BCUT2D eigenvalue weighted by atomic mass is 16.3. The molecule has 0 spiro atoms. The summed E-state index contributed by atoms with van der Waals surface area (Å²) in [6.07, 6.45) is 7.49. The highest BCUT2D eigenvalue weighted by Crippen LogP contribution is 2.37. The highest BCUT2D eigenvalue weighted by Gasteiger charge is 2.27. The van der Waals surface area contributed by atoms with Gasteiger partial charge in [0.15, 0.2) is 0 Å². The second-order valence-electron chi connectivity index (χ2n) is 6.06. The first-order chi connectivity index (χ1) is 8.74. The van der Waals surface area contributed by atoms with Gasteiger partial charge in [0.2, 0.25) is 0 Å². The molecule has 1 aromatic rings. The molecular formula is C16H23NO. The van der Waals surface area contributed by atoms with Gasteiger partial charge in [0.25, 0.3) is 0 Å². The van der Waals surface area contributed by atoms with E-state index in [0.29, 0.717) is 17.8 Å². The Bertz CT molecular complexity index is 421. The van der Waals surface area contributed by atoms with Crippen LogP contribution in [0.5, 0.6) is 5.75 Å². The number of hydrogen-bond acceptors (Lipinski definition) is 2. The van der Waals surface area contributed by atoms with Crippen LogP contribution in [-0.4, -0.2) is 11.1 Å². The van der Waals surface area contributed by atoms with Crippen LogP contribution in [0.3, 0.4) is 0 Å². The topological polar surface area (TPSA) is 32.3 Å². The van der Waals surface area contributed by atoms with Gasteiger partial charge in [-0.1, -0.05) is 19.1 Å². The zero-order valence-electron chi connectivity index (χ0n) is 11.2. The lowest BCUT2D eigenvalue weighted by Crippen LogP contribution is -2.34. The van der Waals surface area contributed by atoms with Crippen molar-refractivity contribution in [1.29, 1.82) is 0 Å². The number of aromatic hydroxyl groups is 1. The molecule has 2 aliphatic carbocycles. The lowest BCUT2D eigenvalue weighted by molar-refractivity contribution is 0.286. The molecule has 2 N–H and O–H groups in total. The zero-order valence-corrected chi connectivity index (χ0v) is 11.2. The predicted molar refractivity (Wildman–Crippen MR) is 73.7 cm³/mol. The fraction of sp³-hybridized carbons (Fsp3) is 0.625. The largest absolute Gasteiger partial charge is 0.508 e. The number of rotatable bonds is 2. The highest BCUT2D eigenvalue weighted by molar-refractivity contribution is 5.44. The minimum atomic E-state index is 0.463. The Labute approximate surface area is 109 Å². The van der Waals surface area contributed by atoms with Gasteiger partial charge in [-0.2, -0.15) is 0 Å². The Morgan fingerprint density at radius 1 is 1.11 bits per heavy atom. The van der Waals surface area contributed by atoms with Crippen LogP contribution < -0.4 is 5.32 Å². The van der Waals surface area contributed by atoms with Crippen LogP contribution in [0, 0.1) is 5.92 Å². The maximum Gasteiger partial charge on any atom is 0.119 e. The van der Waals surface area contributed by atoms with Gasteiger partial charge in [0.05, 0.1) is 0 Å². The van der Waals surface area contributed by atoms with E-state index in [0.717, 1.165) is 18.8 Å². The molecule has 98 valence electrons. The summed E-state index contributed by atoms with van der Waals surface area (Å²) in [6.45, 7) is 2.36. The van der Waals surface area contributed by atoms with Crippen LogP contribution in [0.1, 0.15) is 56.2 Å². The molecule has 0 heterocycles. The van der Waals surface area contributed by atoms with Gasteiger partial charge in [-0.3, -0.25) is 0 Å². The molecular weight excluding hydrogens is 222 g/mol. The van der Waals surface area contributed by atoms with Gasteiger partial charge in [0.1, 0.15) is 5.75 Å². The lowest BCUT2D eigenvalue weighted by atomic mass is 9.87. The Balaban J connectivity index is 1.68. The van der Waals surface area contributed by atoms with E-state index >= 15 is 0 Å². The second kappa shape index (κ2) is 4.93. The number of fused-ring (bicyclic) bond motifs is 1. The Morgan fingerprint density at radius 3 is 2.67 bits per heavy atom. The van der Waals surface area contributed by atoms with Gasteiger partial charge in [0, 0.05) is 12.1 Å². The molecule has 1 aromatic carbocycles. The van der Waals surface area contributed by atoms with E-state index in [-0.39, 0.29) is 0 Å². The van der Waals surface area contributed by atoms with E-state index in [4.69, 9.17) is 0 Å². The Morgan fingerprint density at radius 2 is 1.89 bits per heavy atom. The first kappa shape index (κ1) is 12.0. The van der Waals surface area contributed by atoms with Crippen LogP contribution >= 0.6 is 0 Å². The number of benzene rings is 1. The number of nitrogens with one attached hydrogen (secondary N) is 1. The Kier molecular flexibility index (Phi) is 3.29. The summed E-state index contributed by atoms with van der Waals surface area (Å²) in [7, 11) is 0. The summed E-state index contributed by atoms with van der Waals surface area (Å²) in [6, 6.07) is 7.09. The minimum absolute atomic E-state index is 0.463. The summed E-state index contributed by atoms with van der Waals surface area (Å²) in [5, 5.41) is 13.7. The maximum absolute atomic E-state index is 9.86. The summed E-state index contributed by atoms with van der Waals surface area (Å²) < 4.78 is 0. The molecule has 3 rings (SSSR count). The lowest BCUT2D eigenvalue weighted by Gasteiger charge is -2.30. The molecule has 0 bridgehead atoms. The van der Waals surface area contributed by atoms with Crippen molar-refractivity contribution in [3.63, 3.8) is 0 Å². The maximum atomic E-state index is 9.86. The van der Waals surface area contributed by atoms with Crippen molar-refractivity contribution in [2.75, 3.05) is 0 Å². The van der Waals surface area contributed by atoms with Crippen molar-refractivity contribution in [2.45, 2.75) is 57.5 Å². The molecule has 1 unspecified atom stereocenters. The first-order valence-electron chi connectivity index (χ1n) is 7.31. The quantitative estimate of drug-likeness (QED) is 0.835. The van der Waals surface area contributed by atoms with Gasteiger partial charge < -0.3 is 10.4 Å². The van der Waals surface area contributed by atoms with Crippen molar-refractivity contribution < 1.29 is 5.11 Å². The summed E-state index contributed by atoms with van der Waals surface area (Å²) in [5.41, 5.74) is 2.49. The van der Waals surface area contributed by atoms with E-state index < -0.39 is 0 Å². The van der Waals surface area contributed by atoms with Gasteiger partial charge in [-0.05, 0) is 61.6 Å². The monoisotopic (exact) mass is 245 g/mol. The fourth-order valence-electron chi connectivity index (χ4n) is 3.52. The molecule has 1 atom stereocenters. The minimum Gasteiger partial charge on any atom is -0.508 e. The number of phenolic OH excluding ortho intramolecular Hbond substituents is 1. The normalized spacial score (nSPS) is 31.3. The molecule has 0 aromatic heterocycles. The SMILES string of the molecule is CC1CCC(NC2CCc3c(O)cccc32)CC1. The van der Waals surface area contributed by atoms with E-state index in [1.807, 2.05) is 12.1 Å². The molecule has 1 saturated carbocycles. The summed E-state index contributed by atoms with van der Waals surface area (Å²) in [5.74, 6) is 1.39. The first-order valence-corrected chi connectivity index (χ1v) is 7.31. The third kappa shape index (κ3) is 2.26. The van der Waals surface area contributed by atoms with Gasteiger partial charge in [-0.15, -0.1) is 0 Å². The average molecular weight is 245 g/mol. The van der Waals surface area contributed by atoms with Crippen molar-refractivity contribution in [2.24, 2.45) is 5.92 Å². The fourth-order valence-corrected chi connectivity index (χ4v) is 3.52. The molecule has 1 fully saturated rings. The molecule has 0 aliphatic heterocycles. The predicted octanol–water partition coefficient (Wildman–Crippen LogP) is 3.55. The summed E-state index contributed by atoms with van der Waals surface area (Å²) >= 11 is 0. The number of hydrogen-bond donors (Lipinski definition) is 2. The molecule has 2 aliphatic rings. The average Bonchev–Trinajstić information content (AvgIpc) is 2.77. The molecule has 0 amide bonds. The van der Waals surface area contributed by atoms with Crippen molar-refractivity contribution in [3.8, 4) is 5.75 Å². The smallest absolute Gasteiger partial charge is 0.119 e. The van der Waals surface area contributed by atoms with Crippen LogP contribution in [-0.2, 0) is 6.42 Å². The molecule has 2 heteroatoms. The Hall–Kier alpha value is -1.02. The molecule has 18 heavy (non-hydrogen) atoms. The van der Waals surface area contributed by atoms with Crippen LogP contribution in [0.25, 0.3) is 0 Å². The van der Waals surface area contributed by atoms with Crippen LogP contribution in [0.15, 0.2) is 18.2 Å². The van der Waals surface area contributed by atoms with Crippen molar-refractivity contribution in [3.05, 3.63) is 29.3 Å². The van der Waals surface area contributed by atoms with Gasteiger partial charge >= 0.3 is 0 Å². The molecule has 0 radical (unpaired) electrons. The third-order valence-corrected chi connectivity index (χ3v) is 4.70. The van der Waals surface area contributed by atoms with Crippen LogP contribution in [0.4, 0.5) is 0 Å². The van der Waals surface area contributed by atoms with E-state index in [2.05, 4.69) is 18.3 Å². The zero-order chi connectivity index (χ0) is 12.5. The molecule has 0 saturated heterocycles. The standard InChI is InChI=1S/C16H23NO/c1-11-5-7-12(8-6-11)17-15-10-9-14-13(15)3-2-4-16(14)18/h2-4,11-12,15,17-18H,5-10H2,1H3. The van der Waals surface area contributed by atoms with Crippen molar-refractivity contribution >= 4 is 0 Å². The van der Waals surface area contributed by atoms with Crippen molar-refractivity contribution in [1.82, 2.24) is 5.32 Å². The van der Waals surface area contributed by atoms with E-state index in [9.17, 15) is 5.11 Å².